The highest BCUT2D eigenvalue weighted by Gasteiger charge is 2.32. The van der Waals surface area contributed by atoms with Gasteiger partial charge in [-0.3, -0.25) is 4.79 Å². The second-order valence-corrected chi connectivity index (χ2v) is 4.32. The van der Waals surface area contributed by atoms with Gasteiger partial charge in [0.05, 0.1) is 0 Å². The summed E-state index contributed by atoms with van der Waals surface area (Å²) in [7, 11) is 1.99. The maximum atomic E-state index is 11.9. The lowest BCUT2D eigenvalue weighted by Crippen LogP contribution is -2.44. The summed E-state index contributed by atoms with van der Waals surface area (Å²) < 4.78 is 0. The first-order valence-electron chi connectivity index (χ1n) is 5.49. The maximum absolute atomic E-state index is 11.9. The molecule has 0 aromatic heterocycles. The number of hydrogen-bond acceptors (Lipinski definition) is 2. The largest absolute Gasteiger partial charge is 0.360 e. The summed E-state index contributed by atoms with van der Waals surface area (Å²) in [5.74, 6) is 0.189. The minimum Gasteiger partial charge on any atom is -0.360 e. The van der Waals surface area contributed by atoms with Crippen molar-refractivity contribution in [1.29, 1.82) is 0 Å². The Balaban J connectivity index is 2.13. The molecule has 1 atom stereocenters. The van der Waals surface area contributed by atoms with Crippen molar-refractivity contribution in [2.45, 2.75) is 12.5 Å². The Bertz CT molecular complexity index is 513. The second-order valence-electron chi connectivity index (χ2n) is 4.32. The van der Waals surface area contributed by atoms with Crippen molar-refractivity contribution >= 4 is 11.5 Å². The molecule has 2 aliphatic rings. The van der Waals surface area contributed by atoms with E-state index in [9.17, 15) is 4.79 Å². The number of nitrogens with zero attached hydrogens (tertiary/aromatic N) is 1. The van der Waals surface area contributed by atoms with Crippen LogP contribution in [0.3, 0.4) is 0 Å². The Hall–Kier alpha value is -1.83. The molecule has 1 unspecified atom stereocenters. The van der Waals surface area contributed by atoms with E-state index >= 15 is 0 Å². The van der Waals surface area contributed by atoms with Gasteiger partial charge in [0.1, 0.15) is 6.04 Å². The third-order valence-electron chi connectivity index (χ3n) is 3.34. The molecule has 0 radical (unpaired) electrons. The van der Waals surface area contributed by atoms with Gasteiger partial charge in [0, 0.05) is 12.7 Å². The fourth-order valence-electron chi connectivity index (χ4n) is 2.59. The van der Waals surface area contributed by atoms with E-state index in [2.05, 4.69) is 23.1 Å². The van der Waals surface area contributed by atoms with Crippen LogP contribution in [0.15, 0.2) is 48.1 Å². The zero-order valence-electron chi connectivity index (χ0n) is 9.18. The zero-order valence-corrected chi connectivity index (χ0v) is 9.18. The number of para-hydroxylation sites is 1. The molecule has 0 saturated heterocycles. The summed E-state index contributed by atoms with van der Waals surface area (Å²) in [6.07, 6.45) is 6.48. The number of hydrogen-bond donors (Lipinski definition) is 0. The van der Waals surface area contributed by atoms with E-state index in [1.807, 2.05) is 25.3 Å². The highest BCUT2D eigenvalue weighted by molar-refractivity contribution is 6.01. The molecule has 0 fully saturated rings. The Labute approximate surface area is 94.9 Å². The average molecular weight is 211 g/mol. The van der Waals surface area contributed by atoms with Crippen molar-refractivity contribution in [3.8, 4) is 0 Å². The maximum Gasteiger partial charge on any atom is 0.182 e. The van der Waals surface area contributed by atoms with E-state index in [4.69, 9.17) is 0 Å². The first-order chi connectivity index (χ1) is 7.77. The third-order valence-corrected chi connectivity index (χ3v) is 3.34. The van der Waals surface area contributed by atoms with Crippen LogP contribution in [0.5, 0.6) is 0 Å². The molecule has 0 saturated carbocycles. The minimum absolute atomic E-state index is 0.0834. The summed E-state index contributed by atoms with van der Waals surface area (Å²) in [6.45, 7) is 0. The summed E-state index contributed by atoms with van der Waals surface area (Å²) in [5.41, 5.74) is 3.68. The van der Waals surface area contributed by atoms with Crippen LogP contribution in [0.1, 0.15) is 5.56 Å². The summed E-state index contributed by atoms with van der Waals surface area (Å²) in [6, 6.07) is 8.20. The number of anilines is 1. The molecule has 1 aromatic rings. The first kappa shape index (κ1) is 9.40. The number of likely N-dealkylation sites (N-methyl/N-ethyl adjacent to an activating group) is 1. The minimum atomic E-state index is -0.0834. The highest BCUT2D eigenvalue weighted by atomic mass is 16.1. The van der Waals surface area contributed by atoms with E-state index in [0.717, 1.165) is 6.42 Å². The number of benzene rings is 1. The summed E-state index contributed by atoms with van der Waals surface area (Å²) in [5, 5.41) is 0. The molecule has 80 valence electrons. The molecule has 1 aliphatic heterocycles. The van der Waals surface area contributed by atoms with Crippen LogP contribution in [-0.4, -0.2) is 18.9 Å². The van der Waals surface area contributed by atoms with Crippen molar-refractivity contribution in [3.05, 3.63) is 53.6 Å². The van der Waals surface area contributed by atoms with Crippen LogP contribution in [-0.2, 0) is 11.2 Å². The molecule has 2 heteroatoms. The van der Waals surface area contributed by atoms with Crippen LogP contribution in [0.2, 0.25) is 0 Å². The number of ketones is 1. The smallest absolute Gasteiger partial charge is 0.182 e. The van der Waals surface area contributed by atoms with Crippen molar-refractivity contribution < 1.29 is 4.79 Å². The predicted octanol–water partition coefficient (Wildman–Crippen LogP) is 2.11. The molecular formula is C14H13NO. The highest BCUT2D eigenvalue weighted by Crippen LogP contribution is 2.33. The van der Waals surface area contributed by atoms with Gasteiger partial charge in [0.2, 0.25) is 0 Å². The quantitative estimate of drug-likeness (QED) is 0.655. The van der Waals surface area contributed by atoms with E-state index < -0.39 is 0 Å². The van der Waals surface area contributed by atoms with Crippen LogP contribution in [0.25, 0.3) is 0 Å². The number of rotatable bonds is 0. The van der Waals surface area contributed by atoms with Gasteiger partial charge >= 0.3 is 0 Å². The van der Waals surface area contributed by atoms with E-state index in [-0.39, 0.29) is 11.8 Å². The lowest BCUT2D eigenvalue weighted by atomic mass is 9.86. The fourth-order valence-corrected chi connectivity index (χ4v) is 2.59. The molecule has 3 rings (SSSR count). The van der Waals surface area contributed by atoms with Crippen molar-refractivity contribution in [2.24, 2.45) is 0 Å². The molecule has 16 heavy (non-hydrogen) atoms. The molecule has 0 N–H and O–H groups in total. The van der Waals surface area contributed by atoms with Gasteiger partial charge in [-0.15, -0.1) is 0 Å². The third kappa shape index (κ3) is 1.23. The number of fused-ring (bicyclic) bond motifs is 2. The predicted molar refractivity (Wildman–Crippen MR) is 64.6 cm³/mol. The van der Waals surface area contributed by atoms with Crippen LogP contribution >= 0.6 is 0 Å². The first-order valence-corrected chi connectivity index (χ1v) is 5.49. The molecular weight excluding hydrogens is 198 g/mol. The lowest BCUT2D eigenvalue weighted by molar-refractivity contribution is -0.115. The molecule has 1 aromatic carbocycles. The van der Waals surface area contributed by atoms with Crippen LogP contribution < -0.4 is 4.90 Å². The Kier molecular flexibility index (Phi) is 1.96. The van der Waals surface area contributed by atoms with Crippen molar-refractivity contribution in [3.63, 3.8) is 0 Å². The van der Waals surface area contributed by atoms with Gasteiger partial charge < -0.3 is 4.90 Å². The van der Waals surface area contributed by atoms with Gasteiger partial charge in [0.25, 0.3) is 0 Å². The average Bonchev–Trinajstić information content (AvgIpc) is 2.29. The number of carbonyl (C=O) groups excluding carboxylic acids is 1. The molecule has 0 amide bonds. The fraction of sp³-hybridized carbons (Fsp3) is 0.214. The normalized spacial score (nSPS) is 22.6. The van der Waals surface area contributed by atoms with E-state index in [1.165, 1.54) is 16.8 Å². The van der Waals surface area contributed by atoms with Gasteiger partial charge in [0.15, 0.2) is 5.78 Å². The number of allylic oxidation sites excluding steroid dienone is 2. The molecule has 2 nitrogen and oxygen atoms in total. The van der Waals surface area contributed by atoms with E-state index in [1.54, 1.807) is 6.08 Å². The van der Waals surface area contributed by atoms with E-state index in [0.29, 0.717) is 0 Å². The topological polar surface area (TPSA) is 20.3 Å². The second kappa shape index (κ2) is 3.34. The standard InChI is InChI=1S/C14H13NO/c1-15-12-7-3-2-5-10(12)9-11-6-4-8-13(16)14(11)15/h2-8,14H,9H2,1H3. The monoisotopic (exact) mass is 211 g/mol. The Morgan fingerprint density at radius 1 is 1.31 bits per heavy atom. The van der Waals surface area contributed by atoms with Gasteiger partial charge in [-0.25, -0.2) is 0 Å². The molecule has 0 spiro atoms. The lowest BCUT2D eigenvalue weighted by Gasteiger charge is -2.37. The zero-order chi connectivity index (χ0) is 11.1. The molecule has 1 aliphatic carbocycles. The molecule has 0 bridgehead atoms. The molecule has 1 heterocycles. The van der Waals surface area contributed by atoms with Crippen molar-refractivity contribution in [2.75, 3.05) is 11.9 Å². The van der Waals surface area contributed by atoms with Crippen molar-refractivity contribution in [1.82, 2.24) is 0 Å². The van der Waals surface area contributed by atoms with Gasteiger partial charge in [-0.05, 0) is 29.7 Å². The van der Waals surface area contributed by atoms with Crippen LogP contribution in [0.4, 0.5) is 5.69 Å². The number of carbonyl (C=O) groups is 1. The SMILES string of the molecule is CN1c2ccccc2CC2=CC=CC(=O)C21. The Morgan fingerprint density at radius 2 is 2.12 bits per heavy atom. The summed E-state index contributed by atoms with van der Waals surface area (Å²) in [4.78, 5) is 14.0. The van der Waals surface area contributed by atoms with Crippen LogP contribution in [0, 0.1) is 0 Å². The summed E-state index contributed by atoms with van der Waals surface area (Å²) >= 11 is 0. The van der Waals surface area contributed by atoms with Gasteiger partial charge in [-0.1, -0.05) is 30.4 Å². The Morgan fingerprint density at radius 3 is 3.00 bits per heavy atom. The van der Waals surface area contributed by atoms with Gasteiger partial charge in [-0.2, -0.15) is 0 Å².